The van der Waals surface area contributed by atoms with Crippen molar-refractivity contribution in [1.82, 2.24) is 28.9 Å². The van der Waals surface area contributed by atoms with Crippen LogP contribution in [0.25, 0.3) is 33.3 Å². The number of nitrogen functional groups attached to an aromatic ring is 1. The molecule has 0 unspecified atom stereocenters. The van der Waals surface area contributed by atoms with Gasteiger partial charge in [-0.25, -0.2) is 10.6 Å². The molecule has 5 rings (SSSR count). The third-order valence-electron chi connectivity index (χ3n) is 6.04. The number of nitrogens with one attached hydrogen (secondary N) is 1. The normalized spacial score (nSPS) is 11.5. The first-order valence-electron chi connectivity index (χ1n) is 11.4. The van der Waals surface area contributed by atoms with Gasteiger partial charge in [0.1, 0.15) is 6.07 Å². The van der Waals surface area contributed by atoms with Crippen molar-refractivity contribution in [2.75, 3.05) is 5.43 Å². The number of hydrogen-bond donors (Lipinski definition) is 2. The van der Waals surface area contributed by atoms with Crippen molar-refractivity contribution >= 4 is 39.4 Å². The smallest absolute Gasteiger partial charge is 0.348 e. The molecular weight excluding hydrogens is 478 g/mol. The molecule has 0 bridgehead atoms. The van der Waals surface area contributed by atoms with Crippen LogP contribution < -0.4 is 17.0 Å². The molecule has 0 atom stereocenters. The fourth-order valence-corrected chi connectivity index (χ4v) is 4.68. The zero-order valence-electron chi connectivity index (χ0n) is 20.0. The lowest BCUT2D eigenvalue weighted by molar-refractivity contribution is 0.512. The second-order valence-corrected chi connectivity index (χ2v) is 9.50. The summed E-state index contributed by atoms with van der Waals surface area (Å²) in [5.41, 5.74) is 6.27. The fraction of sp³-hybridized carbons (Fsp3) is 0.240. The molecule has 0 spiro atoms. The number of benzene rings is 1. The summed E-state index contributed by atoms with van der Waals surface area (Å²) < 4.78 is 5.23. The largest absolute Gasteiger partial charge is 0.351 e. The molecule has 0 aliphatic heterocycles. The average Bonchev–Trinajstić information content (AvgIpc) is 3.40. The van der Waals surface area contributed by atoms with E-state index in [9.17, 15) is 10.1 Å². The molecule has 0 fully saturated rings. The minimum Gasteiger partial charge on any atom is -0.348 e. The first kappa shape index (κ1) is 23.5. The first-order valence-corrected chi connectivity index (χ1v) is 11.8. The number of nitrogens with zero attached hydrogens (tertiary/aromatic N) is 7. The molecule has 0 aliphatic rings. The Labute approximate surface area is 211 Å². The number of aryl methyl sites for hydroxylation is 1. The number of nitrogens with two attached hydrogens (primary N) is 1. The first-order chi connectivity index (χ1) is 17.3. The van der Waals surface area contributed by atoms with E-state index in [-0.39, 0.29) is 11.7 Å². The predicted octanol–water partition coefficient (Wildman–Crippen LogP) is 3.66. The molecule has 10 nitrogen and oxygen atoms in total. The highest BCUT2D eigenvalue weighted by Crippen LogP contribution is 2.34. The Morgan fingerprint density at radius 2 is 2.06 bits per heavy atom. The monoisotopic (exact) mass is 501 g/mol. The quantitative estimate of drug-likeness (QED) is 0.268. The molecule has 0 saturated heterocycles. The predicted molar refractivity (Wildman–Crippen MR) is 139 cm³/mol. The molecule has 11 heteroatoms. The number of rotatable bonds is 6. The summed E-state index contributed by atoms with van der Waals surface area (Å²) in [6.07, 6.45) is 3.49. The maximum absolute atomic E-state index is 12.9. The van der Waals surface area contributed by atoms with Gasteiger partial charge >= 0.3 is 5.69 Å². The topological polar surface area (TPSA) is 132 Å². The van der Waals surface area contributed by atoms with Gasteiger partial charge in [0.2, 0.25) is 0 Å². The van der Waals surface area contributed by atoms with Gasteiger partial charge in [-0.05, 0) is 41.8 Å². The van der Waals surface area contributed by atoms with Crippen molar-refractivity contribution in [2.45, 2.75) is 26.9 Å². The van der Waals surface area contributed by atoms with Crippen LogP contribution in [-0.4, -0.2) is 28.9 Å². The molecule has 4 aromatic heterocycles. The van der Waals surface area contributed by atoms with Crippen LogP contribution >= 0.6 is 11.6 Å². The van der Waals surface area contributed by atoms with E-state index in [0.717, 1.165) is 22.2 Å². The minimum absolute atomic E-state index is 0.185. The Balaban J connectivity index is 1.85. The highest BCUT2D eigenvalue weighted by molar-refractivity contribution is 6.31. The number of fused-ring (bicyclic) bond motifs is 2. The van der Waals surface area contributed by atoms with E-state index in [1.165, 1.54) is 0 Å². The van der Waals surface area contributed by atoms with Crippen LogP contribution in [-0.2, 0) is 20.1 Å². The van der Waals surface area contributed by atoms with Crippen molar-refractivity contribution in [2.24, 2.45) is 18.8 Å². The van der Waals surface area contributed by atoms with Crippen molar-refractivity contribution in [3.63, 3.8) is 0 Å². The maximum Gasteiger partial charge on any atom is 0.351 e. The highest BCUT2D eigenvalue weighted by atomic mass is 35.5. The van der Waals surface area contributed by atoms with Crippen molar-refractivity contribution in [1.29, 1.82) is 5.26 Å². The van der Waals surface area contributed by atoms with Gasteiger partial charge < -0.3 is 9.99 Å². The summed E-state index contributed by atoms with van der Waals surface area (Å²) in [6, 6.07) is 11.4. The summed E-state index contributed by atoms with van der Waals surface area (Å²) >= 11 is 6.30. The number of hydrazine groups is 1. The van der Waals surface area contributed by atoms with E-state index in [2.05, 4.69) is 21.5 Å². The van der Waals surface area contributed by atoms with Crippen LogP contribution in [0.1, 0.15) is 25.0 Å². The minimum atomic E-state index is -0.439. The molecule has 0 amide bonds. The summed E-state index contributed by atoms with van der Waals surface area (Å²) in [5.74, 6) is 6.23. The van der Waals surface area contributed by atoms with Crippen LogP contribution in [0.5, 0.6) is 0 Å². The zero-order valence-corrected chi connectivity index (χ0v) is 20.8. The molecule has 182 valence electrons. The Morgan fingerprint density at radius 3 is 2.75 bits per heavy atom. The number of aromatic nitrogens is 6. The van der Waals surface area contributed by atoms with Crippen LogP contribution in [0.15, 0.2) is 47.5 Å². The summed E-state index contributed by atoms with van der Waals surface area (Å²) in [7, 11) is 1.86. The van der Waals surface area contributed by atoms with Gasteiger partial charge in [-0.1, -0.05) is 25.4 Å². The molecule has 36 heavy (non-hydrogen) atoms. The maximum atomic E-state index is 12.9. The zero-order chi connectivity index (χ0) is 25.6. The number of anilines is 1. The van der Waals surface area contributed by atoms with E-state index >= 15 is 0 Å². The van der Waals surface area contributed by atoms with Gasteiger partial charge in [-0.15, -0.1) is 0 Å². The lowest BCUT2D eigenvalue weighted by Crippen LogP contribution is -2.27. The number of pyridine rings is 1. The van der Waals surface area contributed by atoms with Crippen LogP contribution in [0.4, 0.5) is 5.82 Å². The van der Waals surface area contributed by atoms with Crippen molar-refractivity contribution in [3.8, 4) is 17.5 Å². The average molecular weight is 502 g/mol. The number of hydrogen-bond acceptors (Lipinski definition) is 7. The molecule has 1 aromatic carbocycles. The van der Waals surface area contributed by atoms with E-state index in [1.54, 1.807) is 29.1 Å². The molecular formula is C25H24ClN9O. The van der Waals surface area contributed by atoms with E-state index < -0.39 is 5.69 Å². The van der Waals surface area contributed by atoms with E-state index in [0.29, 0.717) is 40.4 Å². The van der Waals surface area contributed by atoms with Gasteiger partial charge in [0.05, 0.1) is 34.4 Å². The van der Waals surface area contributed by atoms with E-state index in [4.69, 9.17) is 22.5 Å². The summed E-state index contributed by atoms with van der Waals surface area (Å²) in [4.78, 5) is 21.6. The second kappa shape index (κ2) is 9.11. The van der Waals surface area contributed by atoms with Crippen molar-refractivity contribution in [3.05, 3.63) is 69.4 Å². The van der Waals surface area contributed by atoms with Gasteiger partial charge in [-0.3, -0.25) is 14.2 Å². The third-order valence-corrected chi connectivity index (χ3v) is 6.27. The number of halogens is 1. The lowest BCUT2D eigenvalue weighted by Gasteiger charge is -2.12. The van der Waals surface area contributed by atoms with Gasteiger partial charge in [0.25, 0.3) is 0 Å². The second-order valence-electron chi connectivity index (χ2n) is 9.06. The van der Waals surface area contributed by atoms with Gasteiger partial charge in [0.15, 0.2) is 11.5 Å². The number of nitriles is 1. The third kappa shape index (κ3) is 3.98. The summed E-state index contributed by atoms with van der Waals surface area (Å²) in [5, 5.41) is 16.5. The Hall–Kier alpha value is -4.20. The van der Waals surface area contributed by atoms with E-state index in [1.807, 2.05) is 48.3 Å². The summed E-state index contributed by atoms with van der Waals surface area (Å²) in [6.45, 7) is 4.84. The van der Waals surface area contributed by atoms with Gasteiger partial charge in [0, 0.05) is 36.4 Å². The standard InChI is InChI=1S/C25H24ClN9O/c1-14(2)11-34-24-21(23(31-28)30-25(34)36)22(20-8-15(10-27)12-33(20)3)35(32-24)13-16-6-7-29-19-5-4-17(26)9-18(16)19/h4-9,12,14H,11,13,28H2,1-3H3,(H,30,31,36). The van der Waals surface area contributed by atoms with Crippen LogP contribution in [0.2, 0.25) is 5.02 Å². The molecule has 3 N–H and O–H groups in total. The Kier molecular flexibility index (Phi) is 5.96. The fourth-order valence-electron chi connectivity index (χ4n) is 4.50. The van der Waals surface area contributed by atoms with Crippen LogP contribution in [0.3, 0.4) is 0 Å². The highest BCUT2D eigenvalue weighted by Gasteiger charge is 2.24. The molecule has 0 aliphatic carbocycles. The SMILES string of the molecule is CC(C)Cn1c(=O)nc(NN)c2c(-c3cc(C#N)cn3C)n(Cc3ccnc4ccc(Cl)cc34)nc21. The van der Waals surface area contributed by atoms with Crippen molar-refractivity contribution < 1.29 is 0 Å². The Bertz CT molecular complexity index is 1720. The van der Waals surface area contributed by atoms with Crippen LogP contribution in [0, 0.1) is 17.2 Å². The molecule has 5 aromatic rings. The lowest BCUT2D eigenvalue weighted by atomic mass is 10.1. The Morgan fingerprint density at radius 1 is 1.25 bits per heavy atom. The molecule has 0 radical (unpaired) electrons. The molecule has 0 saturated carbocycles. The van der Waals surface area contributed by atoms with Gasteiger partial charge in [-0.2, -0.15) is 15.3 Å². The molecule has 4 heterocycles.